The minimum absolute atomic E-state index is 0.0376. The fourth-order valence-electron chi connectivity index (χ4n) is 7.53. The van der Waals surface area contributed by atoms with Crippen molar-refractivity contribution < 1.29 is 65.5 Å². The molecule has 0 aliphatic carbocycles. The monoisotopic (exact) mass is 1170 g/mol. The molecule has 3 atom stereocenters. The van der Waals surface area contributed by atoms with E-state index in [0.29, 0.717) is 37.6 Å². The highest BCUT2D eigenvalue weighted by atomic mass is 127. The number of hydrogen-bond acceptors (Lipinski definition) is 14. The van der Waals surface area contributed by atoms with Gasteiger partial charge in [0.15, 0.2) is 22.8 Å². The lowest BCUT2D eigenvalue weighted by Crippen LogP contribution is -2.33. The van der Waals surface area contributed by atoms with Crippen LogP contribution >= 0.6 is 22.6 Å². The van der Waals surface area contributed by atoms with Crippen molar-refractivity contribution in [3.05, 3.63) is 118 Å². The van der Waals surface area contributed by atoms with Gasteiger partial charge in [-0.1, -0.05) is 12.2 Å². The molecule has 10 heterocycles. The maximum absolute atomic E-state index is 13.9. The van der Waals surface area contributed by atoms with Crippen LogP contribution in [0.3, 0.4) is 0 Å². The van der Waals surface area contributed by atoms with E-state index < -0.39 is 47.5 Å². The number of aromatic nitrogens is 8. The highest BCUT2D eigenvalue weighted by Gasteiger charge is 2.43. The molecule has 4 aromatic heterocycles. The quantitative estimate of drug-likeness (QED) is 0.0552. The van der Waals surface area contributed by atoms with Gasteiger partial charge >= 0.3 is 24.1 Å². The molecule has 10 rings (SSSR count). The number of halogens is 5. The smallest absolute Gasteiger partial charge is 0.358 e. The zero-order chi connectivity index (χ0) is 54.8. The number of carbonyl (C=O) groups excluding carboxylic acids is 7. The first-order valence-corrected chi connectivity index (χ1v) is 23.2. The lowest BCUT2D eigenvalue weighted by atomic mass is 10.2. The summed E-state index contributed by atoms with van der Waals surface area (Å²) in [6.07, 6.45) is 8.71. The molecule has 0 spiro atoms. The Balaban J connectivity index is 0.000000158. The number of rotatable bonds is 13. The summed E-state index contributed by atoms with van der Waals surface area (Å²) in [6.45, 7) is 12.5. The topological polar surface area (TPSA) is 338 Å². The summed E-state index contributed by atoms with van der Waals surface area (Å²) in [4.78, 5) is 95.7. The van der Waals surface area contributed by atoms with Gasteiger partial charge in [0.1, 0.15) is 0 Å². The van der Waals surface area contributed by atoms with Crippen molar-refractivity contribution in [2.75, 3.05) is 66.1 Å². The fourth-order valence-corrected chi connectivity index (χ4v) is 8.36. The van der Waals surface area contributed by atoms with Crippen LogP contribution in [-0.2, 0) is 14.4 Å². The number of esters is 1. The molecule has 6 aliphatic heterocycles. The predicted molar refractivity (Wildman–Crippen MR) is 260 cm³/mol. The van der Waals surface area contributed by atoms with E-state index in [1.807, 2.05) is 10.2 Å². The number of likely N-dealkylation sites (N-methyl/N-ethyl adjacent to an activating group) is 1. The maximum atomic E-state index is 13.9. The second-order valence-electron chi connectivity index (χ2n) is 16.1. The van der Waals surface area contributed by atoms with Crippen LogP contribution in [0.1, 0.15) is 48.9 Å². The average Bonchev–Trinajstić information content (AvgIpc) is 4.26. The maximum Gasteiger partial charge on any atom is 0.358 e. The summed E-state index contributed by atoms with van der Waals surface area (Å²) >= 11 is 2.25. The molecule has 3 fully saturated rings. The molecular weight excluding hydrogens is 1120 g/mol. The molecule has 32 heteroatoms. The normalized spacial score (nSPS) is 18.8. The Morgan fingerprint density at radius 2 is 1.09 bits per heavy atom. The van der Waals surface area contributed by atoms with Gasteiger partial charge in [0, 0.05) is 54.5 Å². The van der Waals surface area contributed by atoms with Crippen LogP contribution < -0.4 is 17.2 Å². The summed E-state index contributed by atoms with van der Waals surface area (Å²) in [5.41, 5.74) is 15.4. The van der Waals surface area contributed by atoms with Crippen molar-refractivity contribution in [2.45, 2.75) is 25.0 Å². The van der Waals surface area contributed by atoms with Crippen LogP contribution in [0.25, 0.3) is 11.4 Å². The highest BCUT2D eigenvalue weighted by molar-refractivity contribution is 14.1. The number of hydroxylamine groups is 4. The minimum Gasteiger partial charge on any atom is -0.461 e. The molecule has 0 aromatic carbocycles. The number of urea groups is 3. The lowest BCUT2D eigenvalue weighted by molar-refractivity contribution is -0.107. The van der Waals surface area contributed by atoms with Gasteiger partial charge < -0.3 is 41.5 Å². The first-order valence-electron chi connectivity index (χ1n) is 22.1. The second kappa shape index (κ2) is 24.5. The number of aromatic amines is 2. The zero-order valence-electron chi connectivity index (χ0n) is 39.8. The molecule has 400 valence electrons. The Kier molecular flexibility index (Phi) is 18.3. The molecule has 0 radical (unpaired) electrons. The summed E-state index contributed by atoms with van der Waals surface area (Å²) < 4.78 is 59.6. The van der Waals surface area contributed by atoms with Crippen molar-refractivity contribution in [1.82, 2.24) is 69.7 Å². The van der Waals surface area contributed by atoms with E-state index in [0.717, 1.165) is 40.2 Å². The SMILES string of the molecule is C=CCON1C(=O)N2CC(I)=CC1C2.C=CCON1C(=O)N2CC(n3nc(C(N)=O)cc3F)=CC1C2.CCOC(=O)c1cc(F)[nH]n1.CN1C(=O)N2CC(n3nc(C(N)=O)cc3F)=CC1C2.NC(=O)c1cc(F)[nH]n1. The predicted octanol–water partition coefficient (Wildman–Crippen LogP) is 1.83. The number of primary amides is 3. The van der Waals surface area contributed by atoms with E-state index in [-0.39, 0.29) is 85.3 Å². The van der Waals surface area contributed by atoms with E-state index in [1.165, 1.54) is 24.7 Å². The van der Waals surface area contributed by atoms with Crippen LogP contribution in [0.2, 0.25) is 0 Å². The largest absolute Gasteiger partial charge is 0.461 e. The highest BCUT2D eigenvalue weighted by Crippen LogP contribution is 2.29. The molecular formula is C43H48F4IN17O10. The molecule has 6 bridgehead atoms. The Labute approximate surface area is 435 Å². The third kappa shape index (κ3) is 13.4. The van der Waals surface area contributed by atoms with Crippen LogP contribution in [0.4, 0.5) is 31.9 Å². The third-order valence-electron chi connectivity index (χ3n) is 10.9. The summed E-state index contributed by atoms with van der Waals surface area (Å²) in [5.74, 6) is -5.65. The third-order valence-corrected chi connectivity index (χ3v) is 11.6. The summed E-state index contributed by atoms with van der Waals surface area (Å²) in [5, 5.41) is 20.8. The molecule has 0 saturated carbocycles. The van der Waals surface area contributed by atoms with Crippen molar-refractivity contribution in [3.63, 3.8) is 0 Å². The van der Waals surface area contributed by atoms with E-state index in [1.54, 1.807) is 46.9 Å². The van der Waals surface area contributed by atoms with Crippen LogP contribution in [0, 0.1) is 23.8 Å². The number of hydrogen-bond donors (Lipinski definition) is 5. The van der Waals surface area contributed by atoms with Crippen LogP contribution in [-0.4, -0.2) is 196 Å². The van der Waals surface area contributed by atoms with E-state index in [9.17, 15) is 51.1 Å². The Morgan fingerprint density at radius 3 is 1.49 bits per heavy atom. The number of carbonyl (C=O) groups is 7. The van der Waals surface area contributed by atoms with Crippen molar-refractivity contribution >= 4 is 75.8 Å². The first-order chi connectivity index (χ1) is 35.6. The van der Waals surface area contributed by atoms with E-state index in [2.05, 4.69) is 67.0 Å². The fraction of sp³-hybridized carbons (Fsp3) is 0.326. The molecule has 4 aromatic rings. The Morgan fingerprint density at radius 1 is 0.667 bits per heavy atom. The van der Waals surface area contributed by atoms with Gasteiger partial charge in [0.05, 0.1) is 69.0 Å². The van der Waals surface area contributed by atoms with Gasteiger partial charge in [0.25, 0.3) is 17.7 Å². The van der Waals surface area contributed by atoms with Gasteiger partial charge in [-0.2, -0.15) is 48.1 Å². The van der Waals surface area contributed by atoms with Crippen LogP contribution in [0.15, 0.2) is 71.4 Å². The van der Waals surface area contributed by atoms with Crippen LogP contribution in [0.5, 0.6) is 0 Å². The number of amides is 9. The molecule has 75 heavy (non-hydrogen) atoms. The molecule has 8 N–H and O–H groups in total. The summed E-state index contributed by atoms with van der Waals surface area (Å²) in [6, 6.07) is 3.04. The van der Waals surface area contributed by atoms with Gasteiger partial charge in [-0.15, -0.1) is 13.2 Å². The van der Waals surface area contributed by atoms with Crippen molar-refractivity contribution in [3.8, 4) is 0 Å². The Bertz CT molecular complexity index is 2950. The number of fused-ring (bicyclic) bond motifs is 6. The first kappa shape index (κ1) is 55.9. The second-order valence-corrected chi connectivity index (χ2v) is 17.5. The Hall–Kier alpha value is -8.40. The van der Waals surface area contributed by atoms with Gasteiger partial charge in [0.2, 0.25) is 23.8 Å². The number of ether oxygens (including phenoxy) is 1. The molecule has 6 aliphatic rings. The van der Waals surface area contributed by atoms with Crippen molar-refractivity contribution in [1.29, 1.82) is 0 Å². The molecule has 27 nitrogen and oxygen atoms in total. The number of nitrogens with two attached hydrogens (primary N) is 3. The standard InChI is InChI=1S/C13H14FN5O3.C11H12FN5O2.C9H11IN2O2.C6H7FN2O2.C4H4FN3O/c1-2-3-22-19-9-4-8(6-17(7-9)13(19)21)18-11(14)5-10(16-18)12(15)20;1-15-6-2-7(5-16(4-6)11(15)19)17-9(12)3-8(14-17)10(13)18;1-2-3-14-12-8-4-7(10)5-11(6-8)9(12)13;1-2-11-6(10)4-3-5(7)9-8-4;5-3-1-2(4(6)9)7-8-3/h2,4-5,9H,1,3,6-7H2,(H2,15,20);2-3,6H,4-5H2,1H3,(H2,13,18);2,4,8H,1,3,5-6H2;3H,2H2,1H3,(H,8,9);1H,(H2,6,9)(H,7,8). The zero-order valence-corrected chi connectivity index (χ0v) is 41.9. The van der Waals surface area contributed by atoms with E-state index >= 15 is 0 Å². The number of H-pyrrole nitrogens is 2. The van der Waals surface area contributed by atoms with E-state index in [4.69, 9.17) is 26.9 Å². The van der Waals surface area contributed by atoms with Gasteiger partial charge in [-0.3, -0.25) is 34.3 Å². The van der Waals surface area contributed by atoms with Crippen molar-refractivity contribution in [2.24, 2.45) is 17.2 Å². The molecule has 3 saturated heterocycles. The molecule has 3 unspecified atom stereocenters. The lowest BCUT2D eigenvalue weighted by Gasteiger charge is -2.21. The minimum atomic E-state index is -0.815. The molecule has 9 amide bonds. The number of nitrogens with zero attached hydrogens (tertiary/aromatic N) is 12. The average molecular weight is 1170 g/mol. The number of nitrogens with one attached hydrogen (secondary N) is 2. The van der Waals surface area contributed by atoms with Gasteiger partial charge in [-0.25, -0.2) is 28.5 Å². The summed E-state index contributed by atoms with van der Waals surface area (Å²) in [7, 11) is 1.70. The van der Waals surface area contributed by atoms with Gasteiger partial charge in [-0.05, 0) is 47.7 Å².